The number of nitrogens with zero attached hydrogens (tertiary/aromatic N) is 4. The van der Waals surface area contributed by atoms with Crippen LogP contribution in [0.3, 0.4) is 0 Å². The standard InChI is InChI=1S/C17H18FN7O2/c1-19-14-7-13(22-11-4-3-5-20-17(11)27-2)24-15-9(8-21-25(14)15)16(26)23-12-6-10(12)18/h3-5,7-8,10,12,19H,6H2,1-2H3,(H,22,24)(H,23,26). The highest BCUT2D eigenvalue weighted by Gasteiger charge is 2.39. The van der Waals surface area contributed by atoms with Crippen molar-refractivity contribution in [3.63, 3.8) is 0 Å². The molecule has 3 aromatic rings. The number of amides is 1. The summed E-state index contributed by atoms with van der Waals surface area (Å²) in [5, 5.41) is 13.0. The van der Waals surface area contributed by atoms with Gasteiger partial charge in [-0.25, -0.2) is 14.4 Å². The zero-order valence-electron chi connectivity index (χ0n) is 14.7. The van der Waals surface area contributed by atoms with Gasteiger partial charge in [0.15, 0.2) is 5.65 Å². The molecule has 10 heteroatoms. The highest BCUT2D eigenvalue weighted by Crippen LogP contribution is 2.28. The number of ether oxygens (including phenoxy) is 1. The van der Waals surface area contributed by atoms with Crippen molar-refractivity contribution in [2.24, 2.45) is 0 Å². The molecule has 1 saturated carbocycles. The average molecular weight is 371 g/mol. The highest BCUT2D eigenvalue weighted by atomic mass is 19.1. The van der Waals surface area contributed by atoms with Crippen LogP contribution in [-0.2, 0) is 0 Å². The summed E-state index contributed by atoms with van der Waals surface area (Å²) >= 11 is 0. The van der Waals surface area contributed by atoms with Crippen LogP contribution in [0.15, 0.2) is 30.6 Å². The fourth-order valence-electron chi connectivity index (χ4n) is 2.71. The predicted octanol–water partition coefficient (Wildman–Crippen LogP) is 1.76. The van der Waals surface area contributed by atoms with Crippen molar-refractivity contribution in [3.8, 4) is 5.88 Å². The Bertz CT molecular complexity index is 1010. The number of methoxy groups -OCH3 is 1. The normalized spacial score (nSPS) is 18.2. The number of nitrogens with one attached hydrogen (secondary N) is 3. The average Bonchev–Trinajstić information content (AvgIpc) is 3.19. The molecule has 1 aliphatic rings. The lowest BCUT2D eigenvalue weighted by Gasteiger charge is -2.12. The van der Waals surface area contributed by atoms with Crippen LogP contribution in [0.1, 0.15) is 16.8 Å². The molecule has 3 aromatic heterocycles. The van der Waals surface area contributed by atoms with Gasteiger partial charge < -0.3 is 20.7 Å². The fraction of sp³-hybridized carbons (Fsp3) is 0.294. The maximum absolute atomic E-state index is 13.1. The fourth-order valence-corrected chi connectivity index (χ4v) is 2.71. The number of pyridine rings is 1. The molecule has 0 aromatic carbocycles. The number of fused-ring (bicyclic) bond motifs is 1. The van der Waals surface area contributed by atoms with E-state index in [0.29, 0.717) is 35.3 Å². The summed E-state index contributed by atoms with van der Waals surface area (Å²) in [5.41, 5.74) is 1.25. The van der Waals surface area contributed by atoms with Crippen LogP contribution in [0.4, 0.5) is 21.7 Å². The molecule has 0 aliphatic heterocycles. The Kier molecular flexibility index (Phi) is 4.22. The molecule has 0 saturated heterocycles. The molecule has 2 atom stereocenters. The summed E-state index contributed by atoms with van der Waals surface area (Å²) in [6, 6.07) is 4.88. The second-order valence-electron chi connectivity index (χ2n) is 6.09. The maximum atomic E-state index is 13.1. The number of rotatable bonds is 6. The second-order valence-corrected chi connectivity index (χ2v) is 6.09. The van der Waals surface area contributed by atoms with E-state index in [2.05, 4.69) is 31.0 Å². The number of carbonyl (C=O) groups is 1. The predicted molar refractivity (Wildman–Crippen MR) is 97.4 cm³/mol. The zero-order chi connectivity index (χ0) is 19.0. The molecule has 140 valence electrons. The smallest absolute Gasteiger partial charge is 0.257 e. The molecule has 9 nitrogen and oxygen atoms in total. The highest BCUT2D eigenvalue weighted by molar-refractivity contribution is 6.00. The van der Waals surface area contributed by atoms with Crippen LogP contribution < -0.4 is 20.7 Å². The lowest BCUT2D eigenvalue weighted by molar-refractivity contribution is 0.0949. The van der Waals surface area contributed by atoms with E-state index in [9.17, 15) is 9.18 Å². The number of aromatic nitrogens is 4. The van der Waals surface area contributed by atoms with E-state index in [0.717, 1.165) is 0 Å². The monoisotopic (exact) mass is 371 g/mol. The van der Waals surface area contributed by atoms with E-state index < -0.39 is 18.1 Å². The van der Waals surface area contributed by atoms with Crippen molar-refractivity contribution in [1.82, 2.24) is 24.9 Å². The summed E-state index contributed by atoms with van der Waals surface area (Å²) in [7, 11) is 3.26. The van der Waals surface area contributed by atoms with Crippen LogP contribution in [0.5, 0.6) is 5.88 Å². The Morgan fingerprint density at radius 1 is 1.44 bits per heavy atom. The Morgan fingerprint density at radius 2 is 2.26 bits per heavy atom. The minimum atomic E-state index is -0.980. The zero-order valence-corrected chi connectivity index (χ0v) is 14.7. The van der Waals surface area contributed by atoms with E-state index in [1.54, 1.807) is 31.4 Å². The van der Waals surface area contributed by atoms with E-state index in [-0.39, 0.29) is 5.56 Å². The molecule has 3 N–H and O–H groups in total. The van der Waals surface area contributed by atoms with Crippen LogP contribution in [0.2, 0.25) is 0 Å². The van der Waals surface area contributed by atoms with Crippen molar-refractivity contribution in [2.75, 3.05) is 24.8 Å². The summed E-state index contributed by atoms with van der Waals surface area (Å²) < 4.78 is 19.8. The van der Waals surface area contributed by atoms with E-state index in [4.69, 9.17) is 4.74 Å². The number of anilines is 3. The third-order valence-corrected chi connectivity index (χ3v) is 4.23. The van der Waals surface area contributed by atoms with E-state index >= 15 is 0 Å². The van der Waals surface area contributed by atoms with Gasteiger partial charge in [-0.05, 0) is 12.1 Å². The Balaban J connectivity index is 1.71. The number of hydrogen-bond acceptors (Lipinski definition) is 7. The summed E-state index contributed by atoms with van der Waals surface area (Å²) in [6.45, 7) is 0. The first kappa shape index (κ1) is 17.0. The summed E-state index contributed by atoms with van der Waals surface area (Å²) in [6.07, 6.45) is 2.40. The molecule has 4 rings (SSSR count). The van der Waals surface area contributed by atoms with Crippen molar-refractivity contribution < 1.29 is 13.9 Å². The molecule has 27 heavy (non-hydrogen) atoms. The molecule has 1 aliphatic carbocycles. The van der Waals surface area contributed by atoms with Gasteiger partial charge in [0, 0.05) is 25.7 Å². The summed E-state index contributed by atoms with van der Waals surface area (Å²) in [5.74, 6) is 1.11. The van der Waals surface area contributed by atoms with Crippen molar-refractivity contribution in [1.29, 1.82) is 0 Å². The minimum absolute atomic E-state index is 0.271. The van der Waals surface area contributed by atoms with Gasteiger partial charge in [0.2, 0.25) is 5.88 Å². The molecular formula is C17H18FN7O2. The van der Waals surface area contributed by atoms with Crippen LogP contribution in [0, 0.1) is 0 Å². The Labute approximate surface area is 154 Å². The first-order valence-corrected chi connectivity index (χ1v) is 8.38. The third kappa shape index (κ3) is 3.21. The third-order valence-electron chi connectivity index (χ3n) is 4.23. The van der Waals surface area contributed by atoms with Crippen molar-refractivity contribution in [3.05, 3.63) is 36.2 Å². The molecule has 1 fully saturated rings. The topological polar surface area (TPSA) is 105 Å². The molecule has 0 bridgehead atoms. The largest absolute Gasteiger partial charge is 0.480 e. The second kappa shape index (κ2) is 6.71. The molecular weight excluding hydrogens is 353 g/mol. The summed E-state index contributed by atoms with van der Waals surface area (Å²) in [4.78, 5) is 21.1. The van der Waals surface area contributed by atoms with Crippen LogP contribution in [0.25, 0.3) is 5.65 Å². The Morgan fingerprint density at radius 3 is 2.96 bits per heavy atom. The van der Waals surface area contributed by atoms with Crippen LogP contribution >= 0.6 is 0 Å². The van der Waals surface area contributed by atoms with Gasteiger partial charge in [0.05, 0.1) is 19.3 Å². The Hall–Kier alpha value is -3.43. The number of halogens is 1. The van der Waals surface area contributed by atoms with Gasteiger partial charge in [-0.1, -0.05) is 0 Å². The van der Waals surface area contributed by atoms with E-state index in [1.807, 2.05) is 0 Å². The maximum Gasteiger partial charge on any atom is 0.257 e. The first-order valence-electron chi connectivity index (χ1n) is 8.38. The van der Waals surface area contributed by atoms with Gasteiger partial charge in [0.1, 0.15) is 29.1 Å². The first-order chi connectivity index (χ1) is 13.1. The van der Waals surface area contributed by atoms with Gasteiger partial charge in [0.25, 0.3) is 5.91 Å². The quantitative estimate of drug-likeness (QED) is 0.606. The molecule has 0 spiro atoms. The molecule has 3 heterocycles. The van der Waals surface area contributed by atoms with Crippen LogP contribution in [-0.4, -0.2) is 51.9 Å². The lowest BCUT2D eigenvalue weighted by atomic mass is 10.3. The number of alkyl halides is 1. The van der Waals surface area contributed by atoms with E-state index in [1.165, 1.54) is 17.8 Å². The molecule has 1 amide bonds. The number of carbonyl (C=O) groups excluding carboxylic acids is 1. The van der Waals surface area contributed by atoms with Gasteiger partial charge in [-0.2, -0.15) is 9.61 Å². The van der Waals surface area contributed by atoms with Crippen molar-refractivity contribution in [2.45, 2.75) is 18.6 Å². The molecule has 0 radical (unpaired) electrons. The molecule has 2 unspecified atom stereocenters. The lowest BCUT2D eigenvalue weighted by Crippen LogP contribution is -2.27. The van der Waals surface area contributed by atoms with Gasteiger partial charge >= 0.3 is 0 Å². The minimum Gasteiger partial charge on any atom is -0.480 e. The van der Waals surface area contributed by atoms with Gasteiger partial charge in [-0.3, -0.25) is 4.79 Å². The number of hydrogen-bond donors (Lipinski definition) is 3. The van der Waals surface area contributed by atoms with Gasteiger partial charge in [-0.15, -0.1) is 0 Å². The SMILES string of the molecule is CNc1cc(Nc2cccnc2OC)nc2c(C(=O)NC3CC3F)cnn12. The van der Waals surface area contributed by atoms with Crippen molar-refractivity contribution >= 4 is 28.9 Å².